The molecule has 418 valence electrons. The molecular weight excluding hydrogens is 909 g/mol. The molecule has 0 aromatic carbocycles. The Morgan fingerprint density at radius 2 is 0.831 bits per heavy atom. The van der Waals surface area contributed by atoms with Crippen molar-refractivity contribution in [3.8, 4) is 0 Å². The predicted octanol–water partition coefficient (Wildman–Crippen LogP) is 9.97. The summed E-state index contributed by atoms with van der Waals surface area (Å²) < 4.78 is 34.4. The van der Waals surface area contributed by atoms with Crippen LogP contribution in [0.5, 0.6) is 0 Å². The van der Waals surface area contributed by atoms with Crippen molar-refractivity contribution in [3.63, 3.8) is 0 Å². The summed E-state index contributed by atoms with van der Waals surface area (Å²) in [6.07, 6.45) is 33.8. The topological polar surface area (TPSA) is 214 Å². The Labute approximate surface area is 430 Å². The number of ether oxygens (including phenoxy) is 6. The van der Waals surface area contributed by atoms with Gasteiger partial charge in [0.25, 0.3) is 0 Å². The van der Waals surface area contributed by atoms with Gasteiger partial charge >= 0.3 is 5.97 Å². The van der Waals surface area contributed by atoms with Gasteiger partial charge in [-0.05, 0) is 64.2 Å². The first-order valence-corrected chi connectivity index (χ1v) is 28.9. The minimum Gasteiger partial charge on any atom is -0.457 e. The lowest BCUT2D eigenvalue weighted by Gasteiger charge is -2.42. The molecule has 0 bridgehead atoms. The zero-order valence-corrected chi connectivity index (χ0v) is 44.7. The average Bonchev–Trinajstić information content (AvgIpc) is 3.37. The fraction of sp³-hybridized carbons (Fsp3) is 0.912. The zero-order chi connectivity index (χ0) is 51.6. The Morgan fingerprint density at radius 1 is 0.451 bits per heavy atom. The molecule has 14 nitrogen and oxygen atoms in total. The number of carbonyl (C=O) groups excluding carboxylic acids is 1. The summed E-state index contributed by atoms with van der Waals surface area (Å²) in [5, 5.41) is 72.3. The van der Waals surface area contributed by atoms with Crippen molar-refractivity contribution in [2.24, 2.45) is 0 Å². The van der Waals surface area contributed by atoms with E-state index in [2.05, 4.69) is 38.2 Å². The Bertz CT molecular complexity index is 1270. The van der Waals surface area contributed by atoms with Crippen LogP contribution in [0.2, 0.25) is 0 Å². The van der Waals surface area contributed by atoms with E-state index in [0.29, 0.717) is 13.0 Å². The van der Waals surface area contributed by atoms with E-state index >= 15 is 0 Å². The second-order valence-corrected chi connectivity index (χ2v) is 20.5. The van der Waals surface area contributed by atoms with Gasteiger partial charge in [0.2, 0.25) is 0 Å². The maximum atomic E-state index is 13.0. The molecular formula is C57H106O14. The molecule has 11 unspecified atom stereocenters. The van der Waals surface area contributed by atoms with Gasteiger partial charge < -0.3 is 64.2 Å². The minimum atomic E-state index is -1.71. The van der Waals surface area contributed by atoms with Crippen LogP contribution in [0.3, 0.4) is 0 Å². The molecule has 2 heterocycles. The van der Waals surface area contributed by atoms with Crippen molar-refractivity contribution >= 4 is 5.97 Å². The highest BCUT2D eigenvalue weighted by molar-refractivity contribution is 5.69. The van der Waals surface area contributed by atoms with Crippen LogP contribution in [0, 0.1) is 0 Å². The number of hydrogen-bond donors (Lipinski definition) is 7. The van der Waals surface area contributed by atoms with Crippen LogP contribution in [0.1, 0.15) is 232 Å². The molecule has 2 aliphatic heterocycles. The minimum absolute atomic E-state index is 0.0603. The van der Waals surface area contributed by atoms with Gasteiger partial charge in [-0.25, -0.2) is 0 Å². The number of unbranched alkanes of at least 4 members (excludes halogenated alkanes) is 29. The van der Waals surface area contributed by atoms with Crippen LogP contribution in [-0.2, 0) is 33.2 Å². The highest BCUT2D eigenvalue weighted by Gasteiger charge is 2.47. The standard InChI is InChI=1S/C57H106O14/c1-3-5-7-9-11-13-15-17-19-20-21-22-23-24-25-27-29-31-33-35-37-39-41-66-43-46(69-49(59)40-38-36-34-32-30-28-26-18-16-14-12-10-8-6-4-2)44-67-56-55(65)53(63)51(61)48(71-56)45-68-57-54(64)52(62)50(60)47(42-58)70-57/h18,20-21,26,46-48,50-58,60-65H,3-17,19,22-25,27-45H2,1-2H3/b21-20-,26-18-. The van der Waals surface area contributed by atoms with Crippen molar-refractivity contribution in [2.45, 2.75) is 300 Å². The summed E-state index contributed by atoms with van der Waals surface area (Å²) in [7, 11) is 0. The van der Waals surface area contributed by atoms with Gasteiger partial charge in [-0.1, -0.05) is 186 Å². The molecule has 2 rings (SSSR count). The first kappa shape index (κ1) is 65.6. The van der Waals surface area contributed by atoms with Crippen molar-refractivity contribution in [2.75, 3.05) is 33.0 Å². The molecule has 0 saturated carbocycles. The number of hydrogen-bond acceptors (Lipinski definition) is 14. The third-order valence-corrected chi connectivity index (χ3v) is 13.9. The van der Waals surface area contributed by atoms with Crippen LogP contribution < -0.4 is 0 Å². The molecule has 0 aromatic heterocycles. The molecule has 0 aliphatic carbocycles. The fourth-order valence-corrected chi connectivity index (χ4v) is 9.22. The summed E-state index contributed by atoms with van der Waals surface area (Å²) in [6.45, 7) is 3.70. The lowest BCUT2D eigenvalue weighted by molar-refractivity contribution is -0.332. The molecule has 0 radical (unpaired) electrons. The first-order valence-electron chi connectivity index (χ1n) is 28.9. The van der Waals surface area contributed by atoms with E-state index in [1.54, 1.807) is 0 Å². The Balaban J connectivity index is 1.71. The molecule has 2 aliphatic rings. The molecule has 14 heteroatoms. The molecule has 2 fully saturated rings. The van der Waals surface area contributed by atoms with Crippen molar-refractivity contribution in [1.82, 2.24) is 0 Å². The Hall–Kier alpha value is -1.53. The molecule has 0 aromatic rings. The SMILES string of the molecule is CCCCCCCC/C=C\CCCCCCCC(=O)OC(COCCCCCCCCCCCC/C=C\CCCCCCCCCC)COC1OC(COC2OC(CO)C(O)C(O)C2O)C(O)C(O)C1O. The van der Waals surface area contributed by atoms with Gasteiger partial charge in [0.1, 0.15) is 54.9 Å². The maximum absolute atomic E-state index is 13.0. The van der Waals surface area contributed by atoms with Gasteiger partial charge in [0.15, 0.2) is 12.6 Å². The number of rotatable bonds is 47. The van der Waals surface area contributed by atoms with Gasteiger partial charge in [0.05, 0.1) is 26.4 Å². The molecule has 0 amide bonds. The lowest BCUT2D eigenvalue weighted by Crippen LogP contribution is -2.61. The molecule has 7 N–H and O–H groups in total. The molecule has 0 spiro atoms. The van der Waals surface area contributed by atoms with E-state index in [0.717, 1.165) is 57.8 Å². The van der Waals surface area contributed by atoms with Crippen molar-refractivity contribution in [1.29, 1.82) is 0 Å². The quantitative estimate of drug-likeness (QED) is 0.0172. The van der Waals surface area contributed by atoms with E-state index in [1.807, 2.05) is 0 Å². The largest absolute Gasteiger partial charge is 0.457 e. The van der Waals surface area contributed by atoms with E-state index in [1.165, 1.54) is 148 Å². The summed E-state index contributed by atoms with van der Waals surface area (Å²) in [5.74, 6) is -0.382. The highest BCUT2D eigenvalue weighted by Crippen LogP contribution is 2.27. The van der Waals surface area contributed by atoms with Crippen LogP contribution >= 0.6 is 0 Å². The Kier molecular flexibility index (Phi) is 41.3. The smallest absolute Gasteiger partial charge is 0.306 e. The van der Waals surface area contributed by atoms with E-state index in [9.17, 15) is 40.5 Å². The first-order chi connectivity index (χ1) is 34.6. The number of aliphatic hydroxyl groups excluding tert-OH is 7. The number of carbonyl (C=O) groups is 1. The average molecular weight is 1020 g/mol. The Morgan fingerprint density at radius 3 is 1.28 bits per heavy atom. The summed E-state index contributed by atoms with van der Waals surface area (Å²) in [6, 6.07) is 0. The normalized spacial score (nSPS) is 25.4. The summed E-state index contributed by atoms with van der Waals surface area (Å²) in [4.78, 5) is 13.0. The van der Waals surface area contributed by atoms with Crippen molar-refractivity contribution in [3.05, 3.63) is 24.3 Å². The number of esters is 1. The summed E-state index contributed by atoms with van der Waals surface area (Å²) >= 11 is 0. The van der Waals surface area contributed by atoms with Crippen LogP contribution in [0.25, 0.3) is 0 Å². The van der Waals surface area contributed by atoms with Gasteiger partial charge in [0, 0.05) is 13.0 Å². The van der Waals surface area contributed by atoms with Crippen LogP contribution in [0.15, 0.2) is 24.3 Å². The second-order valence-electron chi connectivity index (χ2n) is 20.5. The molecule has 11 atom stereocenters. The summed E-state index contributed by atoms with van der Waals surface area (Å²) in [5.41, 5.74) is 0. The second kappa shape index (κ2) is 44.7. The monoisotopic (exact) mass is 1010 g/mol. The van der Waals surface area contributed by atoms with E-state index in [4.69, 9.17) is 28.4 Å². The molecule has 2 saturated heterocycles. The lowest BCUT2D eigenvalue weighted by atomic mass is 9.98. The third kappa shape index (κ3) is 31.8. The highest BCUT2D eigenvalue weighted by atomic mass is 16.7. The number of allylic oxidation sites excluding steroid dienone is 4. The van der Waals surface area contributed by atoms with Gasteiger partial charge in [-0.3, -0.25) is 4.79 Å². The van der Waals surface area contributed by atoms with Crippen LogP contribution in [-0.4, -0.2) is 142 Å². The third-order valence-electron chi connectivity index (χ3n) is 13.9. The maximum Gasteiger partial charge on any atom is 0.306 e. The van der Waals surface area contributed by atoms with Gasteiger partial charge in [-0.15, -0.1) is 0 Å². The van der Waals surface area contributed by atoms with E-state index in [-0.39, 0.29) is 25.6 Å². The van der Waals surface area contributed by atoms with Gasteiger partial charge in [-0.2, -0.15) is 0 Å². The zero-order valence-electron chi connectivity index (χ0n) is 44.7. The van der Waals surface area contributed by atoms with Crippen molar-refractivity contribution < 1.29 is 69.0 Å². The molecule has 71 heavy (non-hydrogen) atoms. The van der Waals surface area contributed by atoms with Crippen LogP contribution in [0.4, 0.5) is 0 Å². The number of aliphatic hydroxyl groups is 7. The predicted molar refractivity (Wildman–Crippen MR) is 280 cm³/mol. The fourth-order valence-electron chi connectivity index (χ4n) is 9.22. The van der Waals surface area contributed by atoms with E-state index < -0.39 is 80.7 Å².